The molecule has 0 aromatic heterocycles. The molecule has 1 fully saturated rings. The van der Waals surface area contributed by atoms with Crippen molar-refractivity contribution in [2.24, 2.45) is 0 Å². The number of thioether (sulfide) groups is 1. The van der Waals surface area contributed by atoms with Gasteiger partial charge in [0.2, 0.25) is 0 Å². The summed E-state index contributed by atoms with van der Waals surface area (Å²) in [5.74, 6) is -0.693. The van der Waals surface area contributed by atoms with Crippen LogP contribution in [0.25, 0.3) is 6.08 Å². The van der Waals surface area contributed by atoms with Gasteiger partial charge in [0, 0.05) is 15.6 Å². The molecule has 0 N–H and O–H groups in total. The third-order valence-electron chi connectivity index (χ3n) is 4.73. The molecule has 0 spiro atoms. The normalized spacial score (nSPS) is 14.8. The molecule has 0 bridgehead atoms. The van der Waals surface area contributed by atoms with E-state index in [1.807, 2.05) is 0 Å². The van der Waals surface area contributed by atoms with Gasteiger partial charge >= 0.3 is 5.97 Å². The van der Waals surface area contributed by atoms with E-state index in [9.17, 15) is 14.4 Å². The van der Waals surface area contributed by atoms with E-state index in [1.54, 1.807) is 72.8 Å². The van der Waals surface area contributed by atoms with Gasteiger partial charge < -0.3 is 4.74 Å². The molecular formula is C24H14Cl3NO4S. The van der Waals surface area contributed by atoms with Crippen LogP contribution >= 0.6 is 46.6 Å². The molecule has 0 unspecified atom stereocenters. The predicted octanol–water partition coefficient (Wildman–Crippen LogP) is 7.10. The van der Waals surface area contributed by atoms with E-state index < -0.39 is 17.1 Å². The molecule has 2 amide bonds. The number of nitrogens with zero attached hydrogens (tertiary/aromatic N) is 1. The zero-order chi connectivity index (χ0) is 23.5. The number of halogens is 3. The Morgan fingerprint density at radius 2 is 1.52 bits per heavy atom. The molecule has 33 heavy (non-hydrogen) atoms. The summed E-state index contributed by atoms with van der Waals surface area (Å²) in [5, 5.41) is 0.653. The van der Waals surface area contributed by atoms with Gasteiger partial charge in [-0.15, -0.1) is 0 Å². The van der Waals surface area contributed by atoms with Crippen molar-refractivity contribution in [1.29, 1.82) is 0 Å². The van der Waals surface area contributed by atoms with Gasteiger partial charge in [-0.2, -0.15) is 0 Å². The monoisotopic (exact) mass is 517 g/mol. The summed E-state index contributed by atoms with van der Waals surface area (Å²) in [7, 11) is 0. The molecule has 1 aliphatic heterocycles. The van der Waals surface area contributed by atoms with Crippen molar-refractivity contribution in [1.82, 2.24) is 4.90 Å². The quantitative estimate of drug-likeness (QED) is 0.205. The topological polar surface area (TPSA) is 63.7 Å². The Morgan fingerprint density at radius 1 is 0.879 bits per heavy atom. The number of amides is 2. The number of esters is 1. The summed E-state index contributed by atoms with van der Waals surface area (Å²) in [5.41, 5.74) is 1.43. The third kappa shape index (κ3) is 5.25. The van der Waals surface area contributed by atoms with Crippen LogP contribution in [0.4, 0.5) is 4.79 Å². The summed E-state index contributed by atoms with van der Waals surface area (Å²) in [6.07, 6.45) is 1.60. The minimum Gasteiger partial charge on any atom is -0.423 e. The Morgan fingerprint density at radius 3 is 2.18 bits per heavy atom. The van der Waals surface area contributed by atoms with E-state index >= 15 is 0 Å². The van der Waals surface area contributed by atoms with Crippen molar-refractivity contribution in [3.8, 4) is 5.75 Å². The first-order chi connectivity index (χ1) is 15.8. The van der Waals surface area contributed by atoms with Crippen LogP contribution in [0, 0.1) is 0 Å². The van der Waals surface area contributed by atoms with Crippen molar-refractivity contribution in [3.05, 3.63) is 103 Å². The van der Waals surface area contributed by atoms with Crippen LogP contribution in [-0.4, -0.2) is 22.0 Å². The molecule has 1 saturated heterocycles. The average Bonchev–Trinajstić information content (AvgIpc) is 3.05. The number of rotatable bonds is 5. The Kier molecular flexibility index (Phi) is 7.10. The summed E-state index contributed by atoms with van der Waals surface area (Å²) >= 11 is 19.2. The molecule has 1 heterocycles. The van der Waals surface area contributed by atoms with Gasteiger partial charge in [-0.25, -0.2) is 4.79 Å². The molecule has 5 nitrogen and oxygen atoms in total. The lowest BCUT2D eigenvalue weighted by Crippen LogP contribution is -2.27. The van der Waals surface area contributed by atoms with E-state index in [4.69, 9.17) is 39.5 Å². The lowest BCUT2D eigenvalue weighted by atomic mass is 10.2. The summed E-state index contributed by atoms with van der Waals surface area (Å²) < 4.78 is 5.35. The van der Waals surface area contributed by atoms with Gasteiger partial charge in [-0.1, -0.05) is 65.1 Å². The second kappa shape index (κ2) is 10.0. The molecule has 9 heteroatoms. The van der Waals surface area contributed by atoms with Crippen molar-refractivity contribution < 1.29 is 19.1 Å². The number of benzene rings is 3. The van der Waals surface area contributed by atoms with E-state index in [0.717, 1.165) is 16.7 Å². The molecule has 4 rings (SSSR count). The van der Waals surface area contributed by atoms with Gasteiger partial charge in [-0.3, -0.25) is 14.5 Å². The highest BCUT2D eigenvalue weighted by Crippen LogP contribution is 2.35. The molecule has 0 radical (unpaired) electrons. The number of hydrogen-bond acceptors (Lipinski definition) is 5. The van der Waals surface area contributed by atoms with Crippen molar-refractivity contribution in [2.75, 3.05) is 0 Å². The minimum atomic E-state index is -0.576. The van der Waals surface area contributed by atoms with Gasteiger partial charge in [0.1, 0.15) is 5.75 Å². The van der Waals surface area contributed by atoms with Gasteiger partial charge in [0.15, 0.2) is 0 Å². The van der Waals surface area contributed by atoms with Gasteiger partial charge in [-0.05, 0) is 59.8 Å². The molecule has 3 aromatic carbocycles. The van der Waals surface area contributed by atoms with E-state index in [0.29, 0.717) is 31.9 Å². The number of carbonyl (C=O) groups excluding carboxylic acids is 3. The molecule has 0 aliphatic carbocycles. The van der Waals surface area contributed by atoms with Gasteiger partial charge in [0.25, 0.3) is 11.1 Å². The zero-order valence-electron chi connectivity index (χ0n) is 16.8. The second-order valence-corrected chi connectivity index (χ2v) is 9.12. The van der Waals surface area contributed by atoms with Crippen molar-refractivity contribution >= 4 is 69.8 Å². The maximum atomic E-state index is 12.8. The Hall–Kier alpha value is -2.77. The minimum absolute atomic E-state index is 0.0164. The number of imide groups is 1. The third-order valence-corrected chi connectivity index (χ3v) is 6.68. The van der Waals surface area contributed by atoms with E-state index in [2.05, 4.69) is 0 Å². The summed E-state index contributed by atoms with van der Waals surface area (Å²) in [6.45, 7) is -0.0164. The molecule has 0 atom stereocenters. The second-order valence-electron chi connectivity index (χ2n) is 6.91. The van der Waals surface area contributed by atoms with Crippen LogP contribution in [0.3, 0.4) is 0 Å². The summed E-state index contributed by atoms with van der Waals surface area (Å²) in [4.78, 5) is 38.9. The standard InChI is InChI=1S/C24H14Cl3NO4S/c25-18-5-2-1-4-16(18)23(30)32-15-10-8-14(9-11-15)12-21-22(29)28(24(31)33-21)13-17-19(26)6-3-7-20(17)27/h1-12H,13H2/b21-12-. The highest BCUT2D eigenvalue weighted by Gasteiger charge is 2.35. The first-order valence-corrected chi connectivity index (χ1v) is 11.5. The van der Waals surface area contributed by atoms with Crippen LogP contribution in [0.2, 0.25) is 15.1 Å². The van der Waals surface area contributed by atoms with Crippen LogP contribution in [0.5, 0.6) is 5.75 Å². The molecule has 3 aromatic rings. The maximum Gasteiger partial charge on any atom is 0.345 e. The van der Waals surface area contributed by atoms with Crippen LogP contribution in [0.15, 0.2) is 71.6 Å². The highest BCUT2D eigenvalue weighted by molar-refractivity contribution is 8.18. The van der Waals surface area contributed by atoms with Crippen molar-refractivity contribution in [2.45, 2.75) is 6.54 Å². The molecular weight excluding hydrogens is 505 g/mol. The highest BCUT2D eigenvalue weighted by atomic mass is 35.5. The number of carbonyl (C=O) groups is 3. The van der Waals surface area contributed by atoms with Crippen molar-refractivity contribution in [3.63, 3.8) is 0 Å². The molecule has 166 valence electrons. The Balaban J connectivity index is 1.47. The number of hydrogen-bond donors (Lipinski definition) is 0. The summed E-state index contributed by atoms with van der Waals surface area (Å²) in [6, 6.07) is 18.1. The smallest absolute Gasteiger partial charge is 0.345 e. The van der Waals surface area contributed by atoms with E-state index in [1.165, 1.54) is 0 Å². The van der Waals surface area contributed by atoms with Gasteiger partial charge in [0.05, 0.1) is 22.0 Å². The fourth-order valence-corrected chi connectivity index (χ4v) is 4.62. The first kappa shape index (κ1) is 23.4. The molecule has 0 saturated carbocycles. The van der Waals surface area contributed by atoms with Crippen LogP contribution < -0.4 is 4.74 Å². The predicted molar refractivity (Wildman–Crippen MR) is 131 cm³/mol. The average molecular weight is 519 g/mol. The lowest BCUT2D eigenvalue weighted by Gasteiger charge is -2.14. The first-order valence-electron chi connectivity index (χ1n) is 9.58. The Bertz CT molecular complexity index is 1270. The zero-order valence-corrected chi connectivity index (χ0v) is 19.8. The largest absolute Gasteiger partial charge is 0.423 e. The van der Waals surface area contributed by atoms with E-state index in [-0.39, 0.29) is 17.0 Å². The van der Waals surface area contributed by atoms with Crippen LogP contribution in [0.1, 0.15) is 21.5 Å². The fourth-order valence-electron chi connectivity index (χ4n) is 3.05. The SMILES string of the molecule is O=C(Oc1ccc(/C=C2\SC(=O)N(Cc3c(Cl)cccc3Cl)C2=O)cc1)c1ccccc1Cl. The number of ether oxygens (including phenoxy) is 1. The Labute approximate surface area is 208 Å². The van der Waals surface area contributed by atoms with Crippen LogP contribution in [-0.2, 0) is 11.3 Å². The molecule has 1 aliphatic rings. The lowest BCUT2D eigenvalue weighted by molar-refractivity contribution is -0.123. The fraction of sp³-hybridized carbons (Fsp3) is 0.0417. The maximum absolute atomic E-state index is 12.8.